The van der Waals surface area contributed by atoms with E-state index in [0.717, 1.165) is 48.1 Å². The fraction of sp³-hybridized carbons (Fsp3) is 0.375. The van der Waals surface area contributed by atoms with Gasteiger partial charge in [-0.15, -0.1) is 0 Å². The van der Waals surface area contributed by atoms with Gasteiger partial charge in [0, 0.05) is 18.0 Å². The van der Waals surface area contributed by atoms with Crippen molar-refractivity contribution in [2.24, 2.45) is 5.92 Å². The van der Waals surface area contributed by atoms with Crippen molar-refractivity contribution in [3.63, 3.8) is 0 Å². The molecule has 4 rings (SSSR count). The molecule has 0 amide bonds. The highest BCUT2D eigenvalue weighted by Gasteiger charge is 2.20. The van der Waals surface area contributed by atoms with Crippen LogP contribution in [0.5, 0.6) is 5.75 Å². The summed E-state index contributed by atoms with van der Waals surface area (Å²) in [5.41, 5.74) is 3.32. The number of nitrogens with zero attached hydrogens (tertiary/aromatic N) is 1. The minimum absolute atomic E-state index is 0.586. The number of benzene rings is 2. The summed E-state index contributed by atoms with van der Waals surface area (Å²) in [4.78, 5) is 4.64. The van der Waals surface area contributed by atoms with E-state index < -0.39 is 0 Å². The SMILES string of the molecule is Cc1oc(-c2ccccc2)nc1CCOc1ccc(C[C@@H]2C[C@@H](C)CN2)cc1. The summed E-state index contributed by atoms with van der Waals surface area (Å²) in [6, 6.07) is 19.1. The normalized spacial score (nSPS) is 19.1. The summed E-state index contributed by atoms with van der Waals surface area (Å²) >= 11 is 0. The molecule has 0 bridgehead atoms. The molecule has 2 aromatic carbocycles. The summed E-state index contributed by atoms with van der Waals surface area (Å²) in [6.45, 7) is 5.99. The van der Waals surface area contributed by atoms with Gasteiger partial charge in [0.25, 0.3) is 0 Å². The van der Waals surface area contributed by atoms with Gasteiger partial charge in [0.2, 0.25) is 5.89 Å². The van der Waals surface area contributed by atoms with Crippen LogP contribution >= 0.6 is 0 Å². The number of hydrogen-bond acceptors (Lipinski definition) is 4. The monoisotopic (exact) mass is 376 g/mol. The Morgan fingerprint density at radius 3 is 2.61 bits per heavy atom. The molecule has 0 spiro atoms. The van der Waals surface area contributed by atoms with E-state index in [-0.39, 0.29) is 0 Å². The van der Waals surface area contributed by atoms with Gasteiger partial charge in [0.05, 0.1) is 12.3 Å². The predicted molar refractivity (Wildman–Crippen MR) is 112 cm³/mol. The zero-order valence-corrected chi connectivity index (χ0v) is 16.7. The number of rotatable bonds is 7. The summed E-state index contributed by atoms with van der Waals surface area (Å²) < 4.78 is 11.7. The highest BCUT2D eigenvalue weighted by molar-refractivity contribution is 5.53. The second-order valence-corrected chi connectivity index (χ2v) is 7.78. The third-order valence-corrected chi connectivity index (χ3v) is 5.37. The fourth-order valence-corrected chi connectivity index (χ4v) is 3.81. The topological polar surface area (TPSA) is 47.3 Å². The van der Waals surface area contributed by atoms with Crippen LogP contribution in [0.15, 0.2) is 59.0 Å². The van der Waals surface area contributed by atoms with Crippen LogP contribution < -0.4 is 10.1 Å². The van der Waals surface area contributed by atoms with E-state index in [4.69, 9.17) is 9.15 Å². The molecular formula is C24H28N2O2. The zero-order chi connectivity index (χ0) is 19.3. The Morgan fingerprint density at radius 1 is 1.11 bits per heavy atom. The van der Waals surface area contributed by atoms with Gasteiger partial charge in [-0.05, 0) is 62.1 Å². The average Bonchev–Trinajstić information content (AvgIpc) is 3.29. The molecule has 2 atom stereocenters. The Hall–Kier alpha value is -2.59. The van der Waals surface area contributed by atoms with Gasteiger partial charge in [-0.3, -0.25) is 0 Å². The third-order valence-electron chi connectivity index (χ3n) is 5.37. The Bertz CT molecular complexity index is 887. The quantitative estimate of drug-likeness (QED) is 0.643. The molecule has 3 aromatic rings. The molecule has 4 nitrogen and oxygen atoms in total. The molecular weight excluding hydrogens is 348 g/mol. The van der Waals surface area contributed by atoms with Crippen LogP contribution in [0.4, 0.5) is 0 Å². The van der Waals surface area contributed by atoms with Crippen LogP contribution in [0.2, 0.25) is 0 Å². The van der Waals surface area contributed by atoms with Crippen LogP contribution in [0.3, 0.4) is 0 Å². The van der Waals surface area contributed by atoms with Gasteiger partial charge >= 0.3 is 0 Å². The van der Waals surface area contributed by atoms with Crippen molar-refractivity contribution in [1.82, 2.24) is 10.3 Å². The number of oxazole rings is 1. The third kappa shape index (κ3) is 4.63. The molecule has 28 heavy (non-hydrogen) atoms. The highest BCUT2D eigenvalue weighted by atomic mass is 16.5. The second-order valence-electron chi connectivity index (χ2n) is 7.78. The second kappa shape index (κ2) is 8.61. The Morgan fingerprint density at radius 2 is 1.89 bits per heavy atom. The molecule has 4 heteroatoms. The van der Waals surface area contributed by atoms with Gasteiger partial charge in [-0.2, -0.15) is 0 Å². The van der Waals surface area contributed by atoms with Crippen molar-refractivity contribution in [2.45, 2.75) is 39.2 Å². The molecule has 1 saturated heterocycles. The largest absolute Gasteiger partial charge is 0.493 e. The number of nitrogens with one attached hydrogen (secondary N) is 1. The molecule has 2 heterocycles. The van der Waals surface area contributed by atoms with Crippen molar-refractivity contribution in [3.05, 3.63) is 71.6 Å². The zero-order valence-electron chi connectivity index (χ0n) is 16.7. The van der Waals surface area contributed by atoms with Gasteiger partial charge < -0.3 is 14.5 Å². The van der Waals surface area contributed by atoms with E-state index in [1.807, 2.05) is 37.3 Å². The Kier molecular flexibility index (Phi) is 5.77. The first-order chi connectivity index (χ1) is 13.7. The van der Waals surface area contributed by atoms with Crippen LogP contribution in [0, 0.1) is 12.8 Å². The maximum atomic E-state index is 5.92. The molecule has 0 aliphatic carbocycles. The van der Waals surface area contributed by atoms with Gasteiger partial charge in [0.15, 0.2) is 0 Å². The Balaban J connectivity index is 1.29. The van der Waals surface area contributed by atoms with Gasteiger partial charge in [0.1, 0.15) is 11.5 Å². The van der Waals surface area contributed by atoms with Gasteiger partial charge in [-0.25, -0.2) is 4.98 Å². The molecule has 1 aromatic heterocycles. The summed E-state index contributed by atoms with van der Waals surface area (Å²) in [6.07, 6.45) is 3.08. The number of aromatic nitrogens is 1. The minimum Gasteiger partial charge on any atom is -0.493 e. The lowest BCUT2D eigenvalue weighted by molar-refractivity contribution is 0.320. The first-order valence-electron chi connectivity index (χ1n) is 10.1. The van der Waals surface area contributed by atoms with E-state index in [2.05, 4.69) is 41.5 Å². The molecule has 1 aliphatic heterocycles. The number of hydrogen-bond donors (Lipinski definition) is 1. The van der Waals surface area contributed by atoms with Gasteiger partial charge in [-0.1, -0.05) is 37.3 Å². The maximum Gasteiger partial charge on any atom is 0.226 e. The lowest BCUT2D eigenvalue weighted by Crippen LogP contribution is -2.23. The summed E-state index contributed by atoms with van der Waals surface area (Å²) in [5.74, 6) is 3.22. The number of aryl methyl sites for hydroxylation is 1. The molecule has 0 radical (unpaired) electrons. The van der Waals surface area contributed by atoms with E-state index in [0.29, 0.717) is 18.5 Å². The molecule has 1 N–H and O–H groups in total. The van der Waals surface area contributed by atoms with Crippen molar-refractivity contribution in [3.8, 4) is 17.2 Å². The highest BCUT2D eigenvalue weighted by Crippen LogP contribution is 2.22. The molecule has 146 valence electrons. The van der Waals surface area contributed by atoms with Crippen molar-refractivity contribution in [1.29, 1.82) is 0 Å². The van der Waals surface area contributed by atoms with E-state index >= 15 is 0 Å². The lowest BCUT2D eigenvalue weighted by Gasteiger charge is -2.11. The number of ether oxygens (including phenoxy) is 1. The van der Waals surface area contributed by atoms with Crippen molar-refractivity contribution in [2.75, 3.05) is 13.2 Å². The fourth-order valence-electron chi connectivity index (χ4n) is 3.81. The standard InChI is InChI=1S/C24H28N2O2/c1-17-14-21(25-16-17)15-19-8-10-22(11-9-19)27-13-12-23-18(2)28-24(26-23)20-6-4-3-5-7-20/h3-11,17,21,25H,12-16H2,1-2H3/t17-,21+/m1/s1. The van der Waals surface area contributed by atoms with E-state index in [1.165, 1.54) is 12.0 Å². The van der Waals surface area contributed by atoms with E-state index in [9.17, 15) is 0 Å². The van der Waals surface area contributed by atoms with Crippen molar-refractivity contribution < 1.29 is 9.15 Å². The first-order valence-corrected chi connectivity index (χ1v) is 10.1. The smallest absolute Gasteiger partial charge is 0.226 e. The Labute approximate surface area is 167 Å². The van der Waals surface area contributed by atoms with Crippen molar-refractivity contribution >= 4 is 0 Å². The molecule has 0 saturated carbocycles. The average molecular weight is 377 g/mol. The first kappa shape index (κ1) is 18.8. The summed E-state index contributed by atoms with van der Waals surface area (Å²) in [5, 5.41) is 3.59. The summed E-state index contributed by atoms with van der Waals surface area (Å²) in [7, 11) is 0. The van der Waals surface area contributed by atoms with Crippen LogP contribution in [-0.4, -0.2) is 24.2 Å². The van der Waals surface area contributed by atoms with Crippen LogP contribution in [-0.2, 0) is 12.8 Å². The van der Waals surface area contributed by atoms with E-state index in [1.54, 1.807) is 0 Å². The van der Waals surface area contributed by atoms with Crippen LogP contribution in [0.1, 0.15) is 30.4 Å². The minimum atomic E-state index is 0.586. The predicted octanol–water partition coefficient (Wildman–Crippen LogP) is 4.81. The molecule has 1 fully saturated rings. The maximum absolute atomic E-state index is 5.92. The molecule has 0 unspecified atom stereocenters. The van der Waals surface area contributed by atoms with Crippen LogP contribution in [0.25, 0.3) is 11.5 Å². The molecule has 1 aliphatic rings. The lowest BCUT2D eigenvalue weighted by atomic mass is 10.0.